The first-order valence-electron chi connectivity index (χ1n) is 9.66. The molecular weight excluding hydrogens is 316 g/mol. The molecule has 25 heavy (non-hydrogen) atoms. The van der Waals surface area contributed by atoms with Crippen LogP contribution in [0, 0.1) is 0 Å². The van der Waals surface area contributed by atoms with Crippen molar-refractivity contribution in [3.8, 4) is 11.5 Å². The van der Waals surface area contributed by atoms with Gasteiger partial charge in [0.1, 0.15) is 11.8 Å². The standard InChI is InChI=1S/C18H28N6O/c1-2-23-15(8-9-19-23)18-20-17(16-7-6-14-25-16)21-24(18)13-12-22-10-4-3-5-11-22/h8-9,16H,2-7,10-14H2,1H3. The maximum atomic E-state index is 5.80. The predicted octanol–water partition coefficient (Wildman–Crippen LogP) is 2.50. The lowest BCUT2D eigenvalue weighted by molar-refractivity contribution is 0.104. The second-order valence-corrected chi connectivity index (χ2v) is 6.95. The van der Waals surface area contributed by atoms with E-state index >= 15 is 0 Å². The summed E-state index contributed by atoms with van der Waals surface area (Å²) in [4.78, 5) is 7.39. The second-order valence-electron chi connectivity index (χ2n) is 6.95. The average molecular weight is 344 g/mol. The molecule has 0 amide bonds. The Balaban J connectivity index is 1.58. The highest BCUT2D eigenvalue weighted by atomic mass is 16.5. The van der Waals surface area contributed by atoms with Crippen LogP contribution in [-0.2, 0) is 17.8 Å². The summed E-state index contributed by atoms with van der Waals surface area (Å²) in [7, 11) is 0. The van der Waals surface area contributed by atoms with Crippen LogP contribution in [0.15, 0.2) is 12.3 Å². The van der Waals surface area contributed by atoms with E-state index in [0.29, 0.717) is 0 Å². The fraction of sp³-hybridized carbons (Fsp3) is 0.722. The van der Waals surface area contributed by atoms with Crippen molar-refractivity contribution in [1.82, 2.24) is 29.4 Å². The predicted molar refractivity (Wildman–Crippen MR) is 95.1 cm³/mol. The van der Waals surface area contributed by atoms with Gasteiger partial charge in [0, 0.05) is 25.9 Å². The van der Waals surface area contributed by atoms with Crippen molar-refractivity contribution in [2.45, 2.75) is 58.2 Å². The zero-order valence-electron chi connectivity index (χ0n) is 15.1. The first-order valence-corrected chi connectivity index (χ1v) is 9.66. The molecule has 0 N–H and O–H groups in total. The molecule has 0 spiro atoms. The maximum Gasteiger partial charge on any atom is 0.180 e. The third-order valence-corrected chi connectivity index (χ3v) is 5.23. The summed E-state index contributed by atoms with van der Waals surface area (Å²) in [5.74, 6) is 1.75. The minimum Gasteiger partial charge on any atom is -0.370 e. The van der Waals surface area contributed by atoms with Crippen molar-refractivity contribution in [2.24, 2.45) is 0 Å². The van der Waals surface area contributed by atoms with E-state index < -0.39 is 0 Å². The van der Waals surface area contributed by atoms with Crippen LogP contribution in [0.3, 0.4) is 0 Å². The van der Waals surface area contributed by atoms with Gasteiger partial charge in [0.25, 0.3) is 0 Å². The van der Waals surface area contributed by atoms with Gasteiger partial charge < -0.3 is 9.64 Å². The van der Waals surface area contributed by atoms with Crippen LogP contribution in [0.2, 0.25) is 0 Å². The molecule has 4 rings (SSSR count). The van der Waals surface area contributed by atoms with Crippen molar-refractivity contribution < 1.29 is 4.74 Å². The molecule has 2 aromatic rings. The first-order chi connectivity index (χ1) is 12.3. The molecule has 0 aliphatic carbocycles. The number of rotatable bonds is 6. The lowest BCUT2D eigenvalue weighted by Crippen LogP contribution is -2.33. The molecule has 0 bridgehead atoms. The van der Waals surface area contributed by atoms with Crippen molar-refractivity contribution >= 4 is 0 Å². The minimum absolute atomic E-state index is 0.0491. The highest BCUT2D eigenvalue weighted by Gasteiger charge is 2.25. The molecule has 7 nitrogen and oxygen atoms in total. The van der Waals surface area contributed by atoms with Crippen LogP contribution in [0.4, 0.5) is 0 Å². The number of aromatic nitrogens is 5. The number of nitrogens with zero attached hydrogens (tertiary/aromatic N) is 6. The van der Waals surface area contributed by atoms with Crippen LogP contribution in [0.25, 0.3) is 11.5 Å². The summed E-state index contributed by atoms with van der Waals surface area (Å²) < 4.78 is 9.86. The van der Waals surface area contributed by atoms with E-state index in [1.165, 1.54) is 32.4 Å². The largest absolute Gasteiger partial charge is 0.370 e. The van der Waals surface area contributed by atoms with E-state index in [0.717, 1.165) is 56.4 Å². The third kappa shape index (κ3) is 3.62. The smallest absolute Gasteiger partial charge is 0.180 e. The SMILES string of the molecule is CCn1nccc1-c1nc(C2CCCO2)nn1CCN1CCCCC1. The van der Waals surface area contributed by atoms with E-state index in [4.69, 9.17) is 14.8 Å². The summed E-state index contributed by atoms with van der Waals surface area (Å²) in [6, 6.07) is 2.03. The molecule has 2 fully saturated rings. The van der Waals surface area contributed by atoms with Crippen LogP contribution < -0.4 is 0 Å². The molecule has 0 aromatic carbocycles. The number of hydrogen-bond donors (Lipinski definition) is 0. The summed E-state index contributed by atoms with van der Waals surface area (Å²) in [6.07, 6.45) is 7.99. The Morgan fingerprint density at radius 3 is 2.76 bits per heavy atom. The van der Waals surface area contributed by atoms with Gasteiger partial charge in [-0.15, -0.1) is 0 Å². The van der Waals surface area contributed by atoms with Gasteiger partial charge >= 0.3 is 0 Å². The van der Waals surface area contributed by atoms with Gasteiger partial charge in [0.2, 0.25) is 0 Å². The monoisotopic (exact) mass is 344 g/mol. The Hall–Kier alpha value is -1.73. The van der Waals surface area contributed by atoms with Crippen molar-refractivity contribution in [2.75, 3.05) is 26.2 Å². The fourth-order valence-electron chi connectivity index (χ4n) is 3.82. The molecule has 136 valence electrons. The summed E-state index contributed by atoms with van der Waals surface area (Å²) in [5.41, 5.74) is 1.04. The Bertz CT molecular complexity index is 682. The summed E-state index contributed by atoms with van der Waals surface area (Å²) in [5, 5.41) is 9.22. The molecule has 2 aliphatic heterocycles. The van der Waals surface area contributed by atoms with Crippen LogP contribution in [-0.4, -0.2) is 55.7 Å². The van der Waals surface area contributed by atoms with E-state index in [-0.39, 0.29) is 6.10 Å². The van der Waals surface area contributed by atoms with Crippen molar-refractivity contribution in [3.05, 3.63) is 18.1 Å². The average Bonchev–Trinajstić information content (AvgIpc) is 3.39. The van der Waals surface area contributed by atoms with Gasteiger partial charge in [-0.05, 0) is 51.8 Å². The van der Waals surface area contributed by atoms with Gasteiger partial charge in [-0.3, -0.25) is 4.68 Å². The van der Waals surface area contributed by atoms with E-state index in [9.17, 15) is 0 Å². The van der Waals surface area contributed by atoms with Gasteiger partial charge in [-0.2, -0.15) is 10.2 Å². The van der Waals surface area contributed by atoms with E-state index in [1.54, 1.807) is 0 Å². The Morgan fingerprint density at radius 1 is 1.12 bits per heavy atom. The molecular formula is C18H28N6O. The van der Waals surface area contributed by atoms with Crippen molar-refractivity contribution in [3.63, 3.8) is 0 Å². The highest BCUT2D eigenvalue weighted by molar-refractivity contribution is 5.49. The fourth-order valence-corrected chi connectivity index (χ4v) is 3.82. The topological polar surface area (TPSA) is 61.0 Å². The molecule has 2 aromatic heterocycles. The molecule has 7 heteroatoms. The van der Waals surface area contributed by atoms with Crippen LogP contribution in [0.5, 0.6) is 0 Å². The number of aryl methyl sites for hydroxylation is 1. The highest BCUT2D eigenvalue weighted by Crippen LogP contribution is 2.28. The molecule has 2 saturated heterocycles. The van der Waals surface area contributed by atoms with Gasteiger partial charge in [-0.1, -0.05) is 6.42 Å². The quantitative estimate of drug-likeness (QED) is 0.806. The Labute approximate surface area is 149 Å². The normalized spacial score (nSPS) is 21.9. The molecule has 1 atom stereocenters. The zero-order chi connectivity index (χ0) is 17.1. The van der Waals surface area contributed by atoms with Crippen LogP contribution in [0.1, 0.15) is 51.0 Å². The van der Waals surface area contributed by atoms with Gasteiger partial charge in [-0.25, -0.2) is 9.67 Å². The Morgan fingerprint density at radius 2 is 2.00 bits per heavy atom. The van der Waals surface area contributed by atoms with Crippen LogP contribution >= 0.6 is 0 Å². The number of ether oxygens (including phenoxy) is 1. The first kappa shape index (κ1) is 16.7. The van der Waals surface area contributed by atoms with E-state index in [2.05, 4.69) is 21.6 Å². The van der Waals surface area contributed by atoms with Crippen molar-refractivity contribution in [1.29, 1.82) is 0 Å². The number of piperidine rings is 1. The number of likely N-dealkylation sites (tertiary alicyclic amines) is 1. The summed E-state index contributed by atoms with van der Waals surface area (Å²) >= 11 is 0. The second kappa shape index (κ2) is 7.66. The van der Waals surface area contributed by atoms with E-state index in [1.807, 2.05) is 16.9 Å². The number of hydrogen-bond acceptors (Lipinski definition) is 5. The minimum atomic E-state index is 0.0491. The molecule has 2 aliphatic rings. The molecule has 0 saturated carbocycles. The third-order valence-electron chi connectivity index (χ3n) is 5.23. The Kier molecular flexibility index (Phi) is 5.12. The van der Waals surface area contributed by atoms with Gasteiger partial charge in [0.15, 0.2) is 11.6 Å². The molecule has 1 unspecified atom stereocenters. The maximum absolute atomic E-state index is 5.80. The lowest BCUT2D eigenvalue weighted by Gasteiger charge is -2.26. The zero-order valence-corrected chi connectivity index (χ0v) is 15.1. The summed E-state index contributed by atoms with van der Waals surface area (Å²) in [6.45, 7) is 8.05. The van der Waals surface area contributed by atoms with Gasteiger partial charge in [0.05, 0.1) is 6.54 Å². The molecule has 0 radical (unpaired) electrons. The molecule has 4 heterocycles. The lowest BCUT2D eigenvalue weighted by atomic mass is 10.1.